The van der Waals surface area contributed by atoms with E-state index in [1.807, 2.05) is 0 Å². The third-order valence-corrected chi connectivity index (χ3v) is 4.48. The summed E-state index contributed by atoms with van der Waals surface area (Å²) in [5.41, 5.74) is 0.214. The molecular formula is C15H15F4NO3. The molecule has 0 radical (unpaired) electrons. The van der Waals surface area contributed by atoms with Gasteiger partial charge in [0.1, 0.15) is 12.4 Å². The van der Waals surface area contributed by atoms with Gasteiger partial charge in [-0.3, -0.25) is 0 Å². The molecule has 1 N–H and O–H groups in total. The third-order valence-electron chi connectivity index (χ3n) is 4.48. The molecule has 0 unspecified atom stereocenters. The van der Waals surface area contributed by atoms with Crippen molar-refractivity contribution >= 4 is 11.7 Å². The molecule has 0 aromatic heterocycles. The van der Waals surface area contributed by atoms with Crippen LogP contribution in [0.15, 0.2) is 18.2 Å². The lowest BCUT2D eigenvalue weighted by molar-refractivity contribution is -0.175. The predicted molar refractivity (Wildman–Crippen MR) is 72.9 cm³/mol. The fraction of sp³-hybridized carbons (Fsp3) is 0.533. The van der Waals surface area contributed by atoms with E-state index in [1.165, 1.54) is 12.1 Å². The second kappa shape index (κ2) is 5.67. The molecule has 1 saturated carbocycles. The second-order valence-corrected chi connectivity index (χ2v) is 6.00. The molecular weight excluding hydrogens is 318 g/mol. The average Bonchev–Trinajstić information content (AvgIpc) is 2.91. The van der Waals surface area contributed by atoms with Gasteiger partial charge in [-0.2, -0.15) is 13.2 Å². The molecule has 3 rings (SSSR count). The van der Waals surface area contributed by atoms with Gasteiger partial charge in [0.05, 0.1) is 17.9 Å². The summed E-state index contributed by atoms with van der Waals surface area (Å²) in [4.78, 5) is 12.6. The normalized spacial score (nSPS) is 26.3. The molecule has 4 nitrogen and oxygen atoms in total. The number of halogens is 4. The van der Waals surface area contributed by atoms with Gasteiger partial charge in [0.2, 0.25) is 0 Å². The van der Waals surface area contributed by atoms with Crippen LogP contribution < -0.4 is 4.90 Å². The summed E-state index contributed by atoms with van der Waals surface area (Å²) in [6.07, 6.45) is -4.31. The van der Waals surface area contributed by atoms with E-state index in [-0.39, 0.29) is 29.9 Å². The Hall–Kier alpha value is -1.83. The Morgan fingerprint density at radius 1 is 1.30 bits per heavy atom. The second-order valence-electron chi connectivity index (χ2n) is 6.00. The highest BCUT2D eigenvalue weighted by Crippen LogP contribution is 2.52. The van der Waals surface area contributed by atoms with E-state index < -0.39 is 24.6 Å². The van der Waals surface area contributed by atoms with Crippen molar-refractivity contribution in [3.05, 3.63) is 29.6 Å². The highest BCUT2D eigenvalue weighted by atomic mass is 19.4. The molecule has 2 aliphatic rings. The summed E-state index contributed by atoms with van der Waals surface area (Å²) in [5, 5.41) is 8.81. The van der Waals surface area contributed by atoms with E-state index in [2.05, 4.69) is 4.74 Å². The Labute approximate surface area is 129 Å². The summed E-state index contributed by atoms with van der Waals surface area (Å²) in [6.45, 7) is -0.0663. The van der Waals surface area contributed by atoms with E-state index in [4.69, 9.17) is 5.11 Å². The number of benzene rings is 1. The number of aromatic carboxylic acids is 1. The standard InChI is InChI=1S/C15H15F4NO3/c16-12-3-8(14(21)22)1-2-13(12)20-4-9-10(5-20)11(9)6-23-7-15(17,18)19/h1-3,9-11H,4-7H2,(H,21,22)/t9-,10+,11+. The average molecular weight is 333 g/mol. The maximum absolute atomic E-state index is 14.0. The number of hydrogen-bond donors (Lipinski definition) is 1. The summed E-state index contributed by atoms with van der Waals surface area (Å²) in [5.74, 6) is -1.28. The molecule has 1 saturated heterocycles. The molecule has 0 amide bonds. The van der Waals surface area contributed by atoms with Gasteiger partial charge in [-0.05, 0) is 36.0 Å². The summed E-state index contributed by atoms with van der Waals surface area (Å²) in [6, 6.07) is 3.75. The van der Waals surface area contributed by atoms with Gasteiger partial charge < -0.3 is 14.7 Å². The highest BCUT2D eigenvalue weighted by molar-refractivity contribution is 5.88. The molecule has 1 heterocycles. The Kier molecular flexibility index (Phi) is 3.95. The van der Waals surface area contributed by atoms with Crippen LogP contribution in [0.4, 0.5) is 23.2 Å². The zero-order valence-electron chi connectivity index (χ0n) is 12.0. The van der Waals surface area contributed by atoms with Crippen LogP contribution >= 0.6 is 0 Å². The number of carbonyl (C=O) groups is 1. The van der Waals surface area contributed by atoms with E-state index in [0.29, 0.717) is 18.8 Å². The Morgan fingerprint density at radius 2 is 1.96 bits per heavy atom. The molecule has 1 aliphatic carbocycles. The SMILES string of the molecule is O=C(O)c1ccc(N2C[C@@H]3[C@@H](COCC(F)(F)F)[C@@H]3C2)c(F)c1. The first-order valence-electron chi connectivity index (χ1n) is 7.18. The van der Waals surface area contributed by atoms with Crippen molar-refractivity contribution in [1.82, 2.24) is 0 Å². The lowest BCUT2D eigenvalue weighted by Gasteiger charge is -2.22. The summed E-state index contributed by atoms with van der Waals surface area (Å²) < 4.78 is 54.7. The number of carboxylic acids is 1. The van der Waals surface area contributed by atoms with Crippen molar-refractivity contribution in [2.45, 2.75) is 6.18 Å². The predicted octanol–water partition coefficient (Wildman–Crippen LogP) is 2.79. The maximum Gasteiger partial charge on any atom is 0.411 e. The Morgan fingerprint density at radius 3 is 2.48 bits per heavy atom. The largest absolute Gasteiger partial charge is 0.478 e. The number of piperidine rings is 1. The van der Waals surface area contributed by atoms with Crippen LogP contribution in [0.25, 0.3) is 0 Å². The first kappa shape index (κ1) is 16.0. The van der Waals surface area contributed by atoms with Gasteiger partial charge in [0, 0.05) is 13.1 Å². The molecule has 2 fully saturated rings. The minimum Gasteiger partial charge on any atom is -0.478 e. The van der Waals surface area contributed by atoms with Gasteiger partial charge in [-0.25, -0.2) is 9.18 Å². The quantitative estimate of drug-likeness (QED) is 0.842. The molecule has 23 heavy (non-hydrogen) atoms. The summed E-state index contributed by atoms with van der Waals surface area (Å²) >= 11 is 0. The lowest BCUT2D eigenvalue weighted by Crippen LogP contribution is -2.26. The van der Waals surface area contributed by atoms with Crippen molar-refractivity contribution in [3.8, 4) is 0 Å². The first-order valence-corrected chi connectivity index (χ1v) is 7.18. The van der Waals surface area contributed by atoms with Crippen LogP contribution in [-0.2, 0) is 4.74 Å². The Bertz CT molecular complexity index is 607. The number of alkyl halides is 3. The highest BCUT2D eigenvalue weighted by Gasteiger charge is 2.56. The first-order chi connectivity index (χ1) is 10.8. The maximum atomic E-state index is 14.0. The minimum atomic E-state index is -4.31. The zero-order valence-corrected chi connectivity index (χ0v) is 12.0. The molecule has 1 aliphatic heterocycles. The van der Waals surface area contributed by atoms with Crippen LogP contribution in [0.1, 0.15) is 10.4 Å². The number of fused-ring (bicyclic) bond motifs is 1. The van der Waals surface area contributed by atoms with Gasteiger partial charge in [0.15, 0.2) is 0 Å². The molecule has 3 atom stereocenters. The van der Waals surface area contributed by atoms with Crippen LogP contribution in [0, 0.1) is 23.6 Å². The van der Waals surface area contributed by atoms with E-state index in [0.717, 1.165) is 6.07 Å². The van der Waals surface area contributed by atoms with Crippen LogP contribution in [0.2, 0.25) is 0 Å². The number of rotatable bonds is 5. The van der Waals surface area contributed by atoms with E-state index >= 15 is 0 Å². The molecule has 8 heteroatoms. The van der Waals surface area contributed by atoms with Crippen molar-refractivity contribution in [2.24, 2.45) is 17.8 Å². The lowest BCUT2D eigenvalue weighted by atomic mass is 10.1. The fourth-order valence-corrected chi connectivity index (χ4v) is 3.30. The Balaban J connectivity index is 1.53. The number of ether oxygens (including phenoxy) is 1. The zero-order chi connectivity index (χ0) is 16.8. The van der Waals surface area contributed by atoms with Crippen molar-refractivity contribution in [2.75, 3.05) is 31.2 Å². The minimum absolute atomic E-state index is 0.0725. The molecule has 1 aromatic carbocycles. The van der Waals surface area contributed by atoms with Gasteiger partial charge in [0.25, 0.3) is 0 Å². The summed E-state index contributed by atoms with van der Waals surface area (Å²) in [7, 11) is 0. The molecule has 1 aromatic rings. The monoisotopic (exact) mass is 333 g/mol. The third kappa shape index (κ3) is 3.41. The number of hydrogen-bond acceptors (Lipinski definition) is 3. The number of nitrogens with zero attached hydrogens (tertiary/aromatic N) is 1. The van der Waals surface area contributed by atoms with Gasteiger partial charge in [-0.15, -0.1) is 0 Å². The van der Waals surface area contributed by atoms with Crippen LogP contribution in [0.3, 0.4) is 0 Å². The van der Waals surface area contributed by atoms with E-state index in [1.54, 1.807) is 4.90 Å². The fourth-order valence-electron chi connectivity index (χ4n) is 3.30. The van der Waals surface area contributed by atoms with Crippen molar-refractivity contribution in [1.29, 1.82) is 0 Å². The van der Waals surface area contributed by atoms with Crippen LogP contribution in [-0.4, -0.2) is 43.6 Å². The molecule has 0 spiro atoms. The topological polar surface area (TPSA) is 49.8 Å². The van der Waals surface area contributed by atoms with Crippen molar-refractivity contribution < 1.29 is 32.2 Å². The van der Waals surface area contributed by atoms with Crippen LogP contribution in [0.5, 0.6) is 0 Å². The van der Waals surface area contributed by atoms with Gasteiger partial charge >= 0.3 is 12.1 Å². The number of anilines is 1. The number of carboxylic acid groups (broad SMARTS) is 1. The van der Waals surface area contributed by atoms with E-state index in [9.17, 15) is 22.4 Å². The van der Waals surface area contributed by atoms with Gasteiger partial charge in [-0.1, -0.05) is 0 Å². The molecule has 0 bridgehead atoms. The smallest absolute Gasteiger partial charge is 0.411 e. The molecule has 126 valence electrons. The van der Waals surface area contributed by atoms with Crippen molar-refractivity contribution in [3.63, 3.8) is 0 Å².